The molecule has 0 amide bonds. The number of aromatic nitrogens is 1. The molecule has 0 spiro atoms. The largest absolute Gasteiger partial charge is 0.286 e. The van der Waals surface area contributed by atoms with Gasteiger partial charge in [-0.15, -0.1) is 11.3 Å². The maximum atomic E-state index is 13.0. The Balaban J connectivity index is 2.39. The van der Waals surface area contributed by atoms with Crippen LogP contribution in [0.25, 0.3) is 0 Å². The summed E-state index contributed by atoms with van der Waals surface area (Å²) in [4.78, 5) is 11.6. The molecule has 13 heavy (non-hydrogen) atoms. The van der Waals surface area contributed by atoms with E-state index in [1.807, 2.05) is 0 Å². The van der Waals surface area contributed by atoms with Crippen LogP contribution in [-0.4, -0.2) is 10.2 Å². The molecule has 0 radical (unpaired) electrons. The maximum absolute atomic E-state index is 13.0. The monoisotopic (exact) mass is 213 g/mol. The van der Waals surface area contributed by atoms with Gasteiger partial charge in [-0.3, -0.25) is 4.79 Å². The average Bonchev–Trinajstić information content (AvgIpc) is 2.72. The highest BCUT2D eigenvalue weighted by molar-refractivity contribution is 7.12. The van der Waals surface area contributed by atoms with E-state index in [9.17, 15) is 9.18 Å². The number of hydrogen-bond donors (Lipinski definition) is 0. The normalized spacial score (nSPS) is 10.2. The van der Waals surface area contributed by atoms with E-state index in [1.165, 1.54) is 17.6 Å². The molecule has 0 fully saturated rings. The van der Waals surface area contributed by atoms with Gasteiger partial charge >= 0.3 is 0 Å². The second-order valence-corrected chi connectivity index (χ2v) is 3.89. The topological polar surface area (TPSA) is 30.0 Å². The first-order valence-corrected chi connectivity index (χ1v) is 5.19. The lowest BCUT2D eigenvalue weighted by atomic mass is 10.2. The molecule has 2 aromatic heterocycles. The van der Waals surface area contributed by atoms with Crippen LogP contribution in [0.3, 0.4) is 0 Å². The number of halogens is 1. The molecule has 0 atom stereocenters. The summed E-state index contributed by atoms with van der Waals surface area (Å²) in [5.41, 5.74) is 0.311. The van der Waals surface area contributed by atoms with Gasteiger partial charge < -0.3 is 0 Å². The summed E-state index contributed by atoms with van der Waals surface area (Å²) in [7, 11) is 0. The first-order chi connectivity index (χ1) is 6.29. The predicted molar refractivity (Wildman–Crippen MR) is 49.8 cm³/mol. The van der Waals surface area contributed by atoms with Crippen molar-refractivity contribution in [3.8, 4) is 0 Å². The number of nitrogens with zero attached hydrogens (tertiary/aromatic N) is 1. The van der Waals surface area contributed by atoms with Crippen molar-refractivity contribution < 1.29 is 9.18 Å². The van der Waals surface area contributed by atoms with Crippen molar-refractivity contribution in [3.05, 3.63) is 39.3 Å². The first kappa shape index (κ1) is 8.52. The van der Waals surface area contributed by atoms with Crippen LogP contribution in [0.5, 0.6) is 0 Å². The molecular formula is C8H4FNOS2. The zero-order valence-electron chi connectivity index (χ0n) is 6.36. The highest BCUT2D eigenvalue weighted by Crippen LogP contribution is 2.18. The van der Waals surface area contributed by atoms with E-state index in [2.05, 4.69) is 4.37 Å². The lowest BCUT2D eigenvalue weighted by Gasteiger charge is -1.91. The van der Waals surface area contributed by atoms with E-state index >= 15 is 0 Å². The van der Waals surface area contributed by atoms with Gasteiger partial charge in [-0.05, 0) is 29.0 Å². The molecule has 0 N–H and O–H groups in total. The van der Waals surface area contributed by atoms with Crippen LogP contribution in [0.1, 0.15) is 15.4 Å². The van der Waals surface area contributed by atoms with Crippen molar-refractivity contribution in [1.29, 1.82) is 0 Å². The van der Waals surface area contributed by atoms with E-state index in [4.69, 9.17) is 0 Å². The molecule has 0 aromatic carbocycles. The molecule has 0 aliphatic rings. The van der Waals surface area contributed by atoms with Gasteiger partial charge in [0.2, 0.25) is 5.78 Å². The van der Waals surface area contributed by atoms with Crippen LogP contribution in [0, 0.1) is 5.82 Å². The third kappa shape index (κ3) is 1.52. The Morgan fingerprint density at radius 3 is 2.77 bits per heavy atom. The zero-order chi connectivity index (χ0) is 9.26. The fourth-order valence-corrected chi connectivity index (χ4v) is 2.13. The summed E-state index contributed by atoms with van der Waals surface area (Å²) in [5.74, 6) is -0.809. The summed E-state index contributed by atoms with van der Waals surface area (Å²) >= 11 is 2.28. The Bertz CT molecular complexity index is 421. The number of carbonyl (C=O) groups excluding carboxylic acids is 1. The van der Waals surface area contributed by atoms with Gasteiger partial charge in [-0.25, -0.2) is 4.39 Å². The summed E-state index contributed by atoms with van der Waals surface area (Å²) in [5, 5.41) is 3.24. The highest BCUT2D eigenvalue weighted by Gasteiger charge is 2.16. The first-order valence-electron chi connectivity index (χ1n) is 3.47. The second kappa shape index (κ2) is 3.35. The van der Waals surface area contributed by atoms with E-state index in [1.54, 1.807) is 16.8 Å². The van der Waals surface area contributed by atoms with E-state index < -0.39 is 5.82 Å². The van der Waals surface area contributed by atoms with Gasteiger partial charge in [0.05, 0.1) is 0 Å². The van der Waals surface area contributed by atoms with Crippen LogP contribution in [-0.2, 0) is 0 Å². The van der Waals surface area contributed by atoms with Gasteiger partial charge in [-0.1, -0.05) is 0 Å². The van der Waals surface area contributed by atoms with Gasteiger partial charge in [0.15, 0.2) is 0 Å². The summed E-state index contributed by atoms with van der Waals surface area (Å²) in [6, 6.07) is 2.87. The minimum absolute atomic E-state index is 0.130. The number of ketones is 1. The molecule has 2 rings (SSSR count). The van der Waals surface area contributed by atoms with Gasteiger partial charge in [0.25, 0.3) is 0 Å². The number of rotatable bonds is 2. The summed E-state index contributed by atoms with van der Waals surface area (Å²) in [6.45, 7) is 0. The second-order valence-electron chi connectivity index (χ2n) is 2.31. The third-order valence-electron chi connectivity index (χ3n) is 1.49. The molecule has 0 aliphatic heterocycles. The molecule has 0 saturated carbocycles. The lowest BCUT2D eigenvalue weighted by molar-refractivity contribution is 0.103. The van der Waals surface area contributed by atoms with Crippen LogP contribution in [0.4, 0.5) is 4.39 Å². The van der Waals surface area contributed by atoms with Gasteiger partial charge in [-0.2, -0.15) is 4.37 Å². The fraction of sp³-hybridized carbons (Fsp3) is 0. The highest BCUT2D eigenvalue weighted by atomic mass is 32.1. The molecule has 2 nitrogen and oxygen atoms in total. The fourth-order valence-electron chi connectivity index (χ4n) is 0.902. The van der Waals surface area contributed by atoms with Crippen LogP contribution in [0.15, 0.2) is 22.9 Å². The Hall–Kier alpha value is -1.07. The Labute approximate surface area is 81.8 Å². The average molecular weight is 213 g/mol. The predicted octanol–water partition coefficient (Wildman–Crippen LogP) is 2.57. The zero-order valence-corrected chi connectivity index (χ0v) is 7.99. The van der Waals surface area contributed by atoms with E-state index in [0.717, 1.165) is 11.3 Å². The quantitative estimate of drug-likeness (QED) is 0.718. The molecular weight excluding hydrogens is 209 g/mol. The smallest absolute Gasteiger partial charge is 0.225 e. The Morgan fingerprint density at radius 2 is 2.23 bits per heavy atom. The molecule has 66 valence electrons. The van der Waals surface area contributed by atoms with Crippen LogP contribution >= 0.6 is 22.9 Å². The van der Waals surface area contributed by atoms with E-state index in [-0.39, 0.29) is 10.7 Å². The van der Waals surface area contributed by atoms with Crippen molar-refractivity contribution >= 4 is 28.7 Å². The van der Waals surface area contributed by atoms with Crippen molar-refractivity contribution in [2.24, 2.45) is 0 Å². The molecule has 0 bridgehead atoms. The minimum atomic E-state index is -0.469. The summed E-state index contributed by atoms with van der Waals surface area (Å²) < 4.78 is 16.8. The third-order valence-corrected chi connectivity index (χ3v) is 2.94. The summed E-state index contributed by atoms with van der Waals surface area (Å²) in [6.07, 6.45) is 0. The number of thiophene rings is 1. The molecule has 2 heterocycles. The minimum Gasteiger partial charge on any atom is -0.286 e. The molecule has 2 aromatic rings. The lowest BCUT2D eigenvalue weighted by Crippen LogP contribution is -2.00. The van der Waals surface area contributed by atoms with Crippen molar-refractivity contribution in [1.82, 2.24) is 4.37 Å². The van der Waals surface area contributed by atoms with Crippen molar-refractivity contribution in [2.45, 2.75) is 0 Å². The maximum Gasteiger partial charge on any atom is 0.225 e. The standard InChI is InChI=1S/C8H4FNOS2/c9-5-1-3-12-8(5)7(11)6-2-4-13-10-6/h1-4H. The SMILES string of the molecule is O=C(c1ccsn1)c1sccc1F. The van der Waals surface area contributed by atoms with Crippen LogP contribution < -0.4 is 0 Å². The van der Waals surface area contributed by atoms with Crippen LogP contribution in [0.2, 0.25) is 0 Å². The van der Waals surface area contributed by atoms with Gasteiger partial charge in [0, 0.05) is 5.38 Å². The van der Waals surface area contributed by atoms with Gasteiger partial charge in [0.1, 0.15) is 16.4 Å². The molecule has 0 aliphatic carbocycles. The van der Waals surface area contributed by atoms with Crippen molar-refractivity contribution in [2.75, 3.05) is 0 Å². The molecule has 5 heteroatoms. The molecule has 0 saturated heterocycles. The Morgan fingerprint density at radius 1 is 1.38 bits per heavy atom. The Kier molecular flexibility index (Phi) is 2.20. The molecule has 0 unspecified atom stereocenters. The van der Waals surface area contributed by atoms with E-state index in [0.29, 0.717) is 5.69 Å². The van der Waals surface area contributed by atoms with Crippen molar-refractivity contribution in [3.63, 3.8) is 0 Å². The number of carbonyl (C=O) groups is 1. The number of hydrogen-bond acceptors (Lipinski definition) is 4.